The number of hydrogen-bond donors (Lipinski definition) is 0. The lowest BCUT2D eigenvalue weighted by atomic mass is 10.0. The third-order valence-electron chi connectivity index (χ3n) is 3.53. The van der Waals surface area contributed by atoms with Gasteiger partial charge in [-0.25, -0.2) is 4.39 Å². The first-order chi connectivity index (χ1) is 10.6. The van der Waals surface area contributed by atoms with E-state index in [1.54, 1.807) is 35.2 Å². The van der Waals surface area contributed by atoms with Gasteiger partial charge in [0, 0.05) is 29.8 Å². The number of rotatable bonds is 5. The zero-order chi connectivity index (χ0) is 16.1. The Bertz CT molecular complexity index is 676. The van der Waals surface area contributed by atoms with Crippen molar-refractivity contribution in [3.8, 4) is 0 Å². The van der Waals surface area contributed by atoms with Gasteiger partial charge in [-0.15, -0.1) is 0 Å². The Labute approximate surface area is 129 Å². The second-order valence-electron chi connectivity index (χ2n) is 4.89. The molecule has 0 bridgehead atoms. The lowest BCUT2D eigenvalue weighted by Crippen LogP contribution is -2.30. The highest BCUT2D eigenvalue weighted by atomic mass is 19.1. The number of hydrogen-bond acceptors (Lipinski definition) is 2. The molecule has 2 aromatic rings. The van der Waals surface area contributed by atoms with Gasteiger partial charge in [0.05, 0.1) is 0 Å². The molecule has 0 aliphatic carbocycles. The van der Waals surface area contributed by atoms with Crippen molar-refractivity contribution in [3.05, 3.63) is 71.0 Å². The predicted octanol–water partition coefficient (Wildman–Crippen LogP) is 3.54. The van der Waals surface area contributed by atoms with Crippen LogP contribution in [0.4, 0.5) is 4.39 Å². The third-order valence-corrected chi connectivity index (χ3v) is 3.53. The molecule has 0 saturated carbocycles. The maximum atomic E-state index is 13.2. The van der Waals surface area contributed by atoms with Crippen LogP contribution in [0.5, 0.6) is 0 Å². The molecule has 0 aromatic heterocycles. The first-order valence-corrected chi connectivity index (χ1v) is 7.26. The van der Waals surface area contributed by atoms with Crippen LogP contribution in [0.1, 0.15) is 40.1 Å². The summed E-state index contributed by atoms with van der Waals surface area (Å²) in [5.41, 5.74) is 1.27. The topological polar surface area (TPSA) is 37.4 Å². The molecule has 0 N–H and O–H groups in total. The highest BCUT2D eigenvalue weighted by molar-refractivity contribution is 6.09. The van der Waals surface area contributed by atoms with E-state index < -0.39 is 5.82 Å². The van der Waals surface area contributed by atoms with E-state index in [9.17, 15) is 14.0 Å². The molecule has 0 aliphatic heterocycles. The van der Waals surface area contributed by atoms with Gasteiger partial charge in [-0.1, -0.05) is 24.3 Å². The van der Waals surface area contributed by atoms with Crippen LogP contribution in [0, 0.1) is 5.82 Å². The minimum absolute atomic E-state index is 0.0604. The second kappa shape index (κ2) is 6.98. The highest BCUT2D eigenvalue weighted by Gasteiger charge is 2.14. The molecule has 0 radical (unpaired) electrons. The van der Waals surface area contributed by atoms with Crippen molar-refractivity contribution in [1.29, 1.82) is 0 Å². The third kappa shape index (κ3) is 3.39. The summed E-state index contributed by atoms with van der Waals surface area (Å²) in [5, 5.41) is 0. The summed E-state index contributed by atoms with van der Waals surface area (Å²) in [5.74, 6) is -0.768. The number of amides is 1. The minimum atomic E-state index is -0.445. The monoisotopic (exact) mass is 299 g/mol. The van der Waals surface area contributed by atoms with Crippen molar-refractivity contribution in [3.63, 3.8) is 0 Å². The molecule has 1 amide bonds. The zero-order valence-electron chi connectivity index (χ0n) is 12.7. The lowest BCUT2D eigenvalue weighted by molar-refractivity contribution is 0.0772. The van der Waals surface area contributed by atoms with Crippen LogP contribution in [0.3, 0.4) is 0 Å². The molecule has 0 spiro atoms. The molecule has 0 unspecified atom stereocenters. The van der Waals surface area contributed by atoms with Gasteiger partial charge in [0.2, 0.25) is 0 Å². The Morgan fingerprint density at radius 2 is 1.50 bits per heavy atom. The molecule has 22 heavy (non-hydrogen) atoms. The fourth-order valence-electron chi connectivity index (χ4n) is 2.25. The van der Waals surface area contributed by atoms with Crippen molar-refractivity contribution >= 4 is 11.7 Å². The first-order valence-electron chi connectivity index (χ1n) is 7.26. The molecule has 0 atom stereocenters. The van der Waals surface area contributed by atoms with Gasteiger partial charge in [0.1, 0.15) is 5.82 Å². The Balaban J connectivity index is 2.22. The largest absolute Gasteiger partial charge is 0.339 e. The van der Waals surface area contributed by atoms with Gasteiger partial charge in [-0.3, -0.25) is 9.59 Å². The minimum Gasteiger partial charge on any atom is -0.339 e. The molecule has 0 aliphatic rings. The van der Waals surface area contributed by atoms with Gasteiger partial charge in [-0.2, -0.15) is 0 Å². The number of benzene rings is 2. The normalized spacial score (nSPS) is 10.3. The predicted molar refractivity (Wildman–Crippen MR) is 83.5 cm³/mol. The number of carbonyl (C=O) groups is 2. The number of halogens is 1. The second-order valence-corrected chi connectivity index (χ2v) is 4.89. The zero-order valence-corrected chi connectivity index (χ0v) is 12.7. The first kappa shape index (κ1) is 15.9. The maximum absolute atomic E-state index is 13.2. The molecular formula is C18H18FNO2. The Hall–Kier alpha value is -2.49. The average molecular weight is 299 g/mol. The fourth-order valence-corrected chi connectivity index (χ4v) is 2.25. The Morgan fingerprint density at radius 3 is 2.05 bits per heavy atom. The summed E-state index contributed by atoms with van der Waals surface area (Å²) >= 11 is 0. The smallest absolute Gasteiger partial charge is 0.253 e. The summed E-state index contributed by atoms with van der Waals surface area (Å²) in [7, 11) is 0. The quantitative estimate of drug-likeness (QED) is 0.792. The van der Waals surface area contributed by atoms with E-state index in [0.29, 0.717) is 29.8 Å². The standard InChI is InChI=1S/C18H18FNO2/c1-3-20(4-2)18(22)14-10-8-13(9-11-14)17(21)15-6-5-7-16(19)12-15/h5-12H,3-4H2,1-2H3. The number of carbonyl (C=O) groups excluding carboxylic acids is 2. The fraction of sp³-hybridized carbons (Fsp3) is 0.222. The van der Waals surface area contributed by atoms with E-state index in [1.165, 1.54) is 18.2 Å². The van der Waals surface area contributed by atoms with Crippen molar-refractivity contribution < 1.29 is 14.0 Å². The van der Waals surface area contributed by atoms with E-state index in [-0.39, 0.29) is 11.7 Å². The Morgan fingerprint density at radius 1 is 0.909 bits per heavy atom. The molecule has 2 rings (SSSR count). The number of ketones is 1. The molecule has 2 aromatic carbocycles. The molecule has 0 heterocycles. The van der Waals surface area contributed by atoms with E-state index in [0.717, 1.165) is 0 Å². The number of nitrogens with zero attached hydrogens (tertiary/aromatic N) is 1. The van der Waals surface area contributed by atoms with Crippen molar-refractivity contribution in [2.24, 2.45) is 0 Å². The van der Waals surface area contributed by atoms with Crippen molar-refractivity contribution in [2.45, 2.75) is 13.8 Å². The molecule has 0 saturated heterocycles. The van der Waals surface area contributed by atoms with Gasteiger partial charge < -0.3 is 4.90 Å². The van der Waals surface area contributed by atoms with Crippen LogP contribution in [0.15, 0.2) is 48.5 Å². The molecule has 4 heteroatoms. The molecule has 0 fully saturated rings. The van der Waals surface area contributed by atoms with Crippen molar-refractivity contribution in [1.82, 2.24) is 4.90 Å². The van der Waals surface area contributed by atoms with Crippen LogP contribution < -0.4 is 0 Å². The Kier molecular flexibility index (Phi) is 5.04. The van der Waals surface area contributed by atoms with Crippen LogP contribution >= 0.6 is 0 Å². The van der Waals surface area contributed by atoms with E-state index in [1.807, 2.05) is 13.8 Å². The van der Waals surface area contributed by atoms with Gasteiger partial charge in [-0.05, 0) is 38.1 Å². The molecular weight excluding hydrogens is 281 g/mol. The molecule has 114 valence electrons. The summed E-state index contributed by atoms with van der Waals surface area (Å²) in [4.78, 5) is 26.2. The van der Waals surface area contributed by atoms with Gasteiger partial charge in [0.25, 0.3) is 5.91 Å². The van der Waals surface area contributed by atoms with Crippen LogP contribution in [0.25, 0.3) is 0 Å². The highest BCUT2D eigenvalue weighted by Crippen LogP contribution is 2.13. The summed E-state index contributed by atoms with van der Waals surface area (Å²) in [6.45, 7) is 5.12. The maximum Gasteiger partial charge on any atom is 0.253 e. The van der Waals surface area contributed by atoms with Crippen LogP contribution in [-0.2, 0) is 0 Å². The lowest BCUT2D eigenvalue weighted by Gasteiger charge is -2.18. The average Bonchev–Trinajstić information content (AvgIpc) is 2.55. The summed E-state index contributed by atoms with van der Waals surface area (Å²) < 4.78 is 13.2. The summed E-state index contributed by atoms with van der Waals surface area (Å²) in [6, 6.07) is 12.0. The summed E-state index contributed by atoms with van der Waals surface area (Å²) in [6.07, 6.45) is 0. The van der Waals surface area contributed by atoms with E-state index >= 15 is 0 Å². The van der Waals surface area contributed by atoms with Crippen LogP contribution in [-0.4, -0.2) is 29.7 Å². The van der Waals surface area contributed by atoms with E-state index in [2.05, 4.69) is 0 Å². The van der Waals surface area contributed by atoms with E-state index in [4.69, 9.17) is 0 Å². The van der Waals surface area contributed by atoms with Gasteiger partial charge in [0.15, 0.2) is 5.78 Å². The van der Waals surface area contributed by atoms with Crippen molar-refractivity contribution in [2.75, 3.05) is 13.1 Å². The SMILES string of the molecule is CCN(CC)C(=O)c1ccc(C(=O)c2cccc(F)c2)cc1. The molecule has 3 nitrogen and oxygen atoms in total. The van der Waals surface area contributed by atoms with Crippen LogP contribution in [0.2, 0.25) is 0 Å². The van der Waals surface area contributed by atoms with Gasteiger partial charge >= 0.3 is 0 Å².